The molecule has 1 aliphatic carbocycles. The van der Waals surface area contributed by atoms with Gasteiger partial charge in [-0.3, -0.25) is 9.59 Å². The van der Waals surface area contributed by atoms with Crippen molar-refractivity contribution in [1.29, 1.82) is 0 Å². The number of thiophene rings is 1. The summed E-state index contributed by atoms with van der Waals surface area (Å²) >= 11 is 1.93. The van der Waals surface area contributed by atoms with Gasteiger partial charge in [0.1, 0.15) is 0 Å². The molecule has 0 spiro atoms. The Hall–Kier alpha value is -2.44. The maximum Gasteiger partial charge on any atom is 0.303 e. The van der Waals surface area contributed by atoms with E-state index in [1.807, 2.05) is 11.3 Å². The first-order chi connectivity index (χ1) is 14.0. The molecule has 1 aromatic carbocycles. The molecule has 1 fully saturated rings. The molecule has 1 saturated heterocycles. The molecule has 2 N–H and O–H groups in total. The fourth-order valence-corrected chi connectivity index (χ4v) is 4.75. The van der Waals surface area contributed by atoms with Crippen molar-refractivity contribution in [1.82, 2.24) is 4.90 Å². The number of nitrogens with zero attached hydrogens (tertiary/aromatic N) is 1. The number of piperidine rings is 1. The Morgan fingerprint density at radius 3 is 2.24 bits per heavy atom. The normalized spacial score (nSPS) is 16.2. The Kier molecular flexibility index (Phi) is 7.23. The summed E-state index contributed by atoms with van der Waals surface area (Å²) in [6.07, 6.45) is 4.22. The number of aliphatic carboxylic acids is 2. The van der Waals surface area contributed by atoms with Crippen LogP contribution >= 0.6 is 11.3 Å². The molecule has 4 rings (SSSR count). The summed E-state index contributed by atoms with van der Waals surface area (Å²) in [5.74, 6) is -2.15. The zero-order valence-corrected chi connectivity index (χ0v) is 17.5. The lowest BCUT2D eigenvalue weighted by Crippen LogP contribution is -2.27. The number of aryl methyl sites for hydroxylation is 2. The van der Waals surface area contributed by atoms with Gasteiger partial charge in [-0.05, 0) is 66.4 Å². The Morgan fingerprint density at radius 2 is 1.59 bits per heavy atom. The number of fused-ring (bicyclic) bond motifs is 2. The lowest BCUT2D eigenvalue weighted by atomic mass is 9.88. The van der Waals surface area contributed by atoms with Crippen molar-refractivity contribution in [3.05, 3.63) is 62.9 Å². The number of carbonyl (C=O) groups is 2. The first kappa shape index (κ1) is 21.3. The van der Waals surface area contributed by atoms with E-state index in [4.69, 9.17) is 10.2 Å². The minimum Gasteiger partial charge on any atom is -0.481 e. The molecule has 0 saturated carbocycles. The maximum atomic E-state index is 9.64. The summed E-state index contributed by atoms with van der Waals surface area (Å²) in [4.78, 5) is 23.3. The van der Waals surface area contributed by atoms with E-state index in [1.165, 1.54) is 55.5 Å². The molecule has 2 aliphatic rings. The van der Waals surface area contributed by atoms with Gasteiger partial charge in [-0.25, -0.2) is 0 Å². The van der Waals surface area contributed by atoms with Gasteiger partial charge in [-0.2, -0.15) is 0 Å². The van der Waals surface area contributed by atoms with Crippen molar-refractivity contribution in [2.24, 2.45) is 0 Å². The molecule has 29 heavy (non-hydrogen) atoms. The molecule has 0 bridgehead atoms. The Morgan fingerprint density at radius 1 is 0.931 bits per heavy atom. The highest BCUT2D eigenvalue weighted by Gasteiger charge is 2.23. The van der Waals surface area contributed by atoms with E-state index < -0.39 is 11.9 Å². The highest BCUT2D eigenvalue weighted by molar-refractivity contribution is 7.10. The van der Waals surface area contributed by atoms with Gasteiger partial charge >= 0.3 is 11.9 Å². The maximum absolute atomic E-state index is 9.64. The van der Waals surface area contributed by atoms with Gasteiger partial charge in [-0.15, -0.1) is 11.3 Å². The van der Waals surface area contributed by atoms with Crippen LogP contribution in [-0.4, -0.2) is 47.2 Å². The van der Waals surface area contributed by atoms with E-state index in [-0.39, 0.29) is 12.8 Å². The van der Waals surface area contributed by atoms with Crippen LogP contribution in [0.1, 0.15) is 47.3 Å². The Bertz CT molecular complexity index is 891. The molecule has 6 heteroatoms. The van der Waals surface area contributed by atoms with Gasteiger partial charge in [0, 0.05) is 18.0 Å². The summed E-state index contributed by atoms with van der Waals surface area (Å²) in [6.45, 7) is 2.39. The topological polar surface area (TPSA) is 77.8 Å². The van der Waals surface area contributed by atoms with Crippen LogP contribution in [0, 0.1) is 0 Å². The van der Waals surface area contributed by atoms with Crippen LogP contribution in [0.4, 0.5) is 0 Å². The lowest BCUT2D eigenvalue weighted by molar-refractivity contribution is -0.143. The van der Waals surface area contributed by atoms with Gasteiger partial charge in [-0.1, -0.05) is 29.8 Å². The second kappa shape index (κ2) is 9.85. The molecule has 1 aliphatic heterocycles. The predicted octanol–water partition coefficient (Wildman–Crippen LogP) is 4.31. The van der Waals surface area contributed by atoms with Crippen molar-refractivity contribution < 1.29 is 19.8 Å². The molecule has 0 unspecified atom stereocenters. The number of likely N-dealkylation sites (tertiary alicyclic amines) is 1. The first-order valence-electron chi connectivity index (χ1n) is 9.95. The van der Waals surface area contributed by atoms with Crippen LogP contribution < -0.4 is 0 Å². The van der Waals surface area contributed by atoms with Crippen LogP contribution in [0.15, 0.2) is 41.3 Å². The molecular formula is C23H27NO4S. The second-order valence-electron chi connectivity index (χ2n) is 7.48. The minimum atomic E-state index is -1.08. The third kappa shape index (κ3) is 5.55. The minimum absolute atomic E-state index is 0.296. The SMILES string of the molecule is CN1CCC(=C2c3ccccc3CCc3sccc32)CC1.O=C(O)CCC(=O)O. The van der Waals surface area contributed by atoms with Crippen LogP contribution in [0.3, 0.4) is 0 Å². The molecule has 154 valence electrons. The molecule has 5 nitrogen and oxygen atoms in total. The van der Waals surface area contributed by atoms with E-state index in [0.717, 1.165) is 0 Å². The smallest absolute Gasteiger partial charge is 0.303 e. The third-order valence-electron chi connectivity index (χ3n) is 5.42. The largest absolute Gasteiger partial charge is 0.481 e. The van der Waals surface area contributed by atoms with E-state index in [2.05, 4.69) is 47.7 Å². The van der Waals surface area contributed by atoms with Crippen molar-refractivity contribution in [3.63, 3.8) is 0 Å². The average Bonchev–Trinajstić information content (AvgIpc) is 3.10. The second-order valence-corrected chi connectivity index (χ2v) is 8.48. The zero-order chi connectivity index (χ0) is 20.8. The number of benzene rings is 1. The summed E-state index contributed by atoms with van der Waals surface area (Å²) in [6, 6.07) is 11.4. The van der Waals surface area contributed by atoms with Crippen LogP contribution in [0.5, 0.6) is 0 Å². The van der Waals surface area contributed by atoms with Crippen LogP contribution in [-0.2, 0) is 22.4 Å². The van der Waals surface area contributed by atoms with Crippen molar-refractivity contribution in [2.45, 2.75) is 38.5 Å². The molecule has 0 atom stereocenters. The van der Waals surface area contributed by atoms with Gasteiger partial charge in [0.25, 0.3) is 0 Å². The van der Waals surface area contributed by atoms with Gasteiger partial charge in [0.05, 0.1) is 12.8 Å². The zero-order valence-electron chi connectivity index (χ0n) is 16.7. The van der Waals surface area contributed by atoms with Gasteiger partial charge < -0.3 is 15.1 Å². The van der Waals surface area contributed by atoms with E-state index in [1.54, 1.807) is 16.0 Å². The van der Waals surface area contributed by atoms with Crippen LogP contribution in [0.25, 0.3) is 5.57 Å². The molecule has 2 heterocycles. The van der Waals surface area contributed by atoms with Crippen molar-refractivity contribution >= 4 is 28.8 Å². The highest BCUT2D eigenvalue weighted by atomic mass is 32.1. The number of carboxylic acids is 2. The summed E-state index contributed by atoms with van der Waals surface area (Å²) in [5.41, 5.74) is 7.77. The van der Waals surface area contributed by atoms with Gasteiger partial charge in [0.2, 0.25) is 0 Å². The van der Waals surface area contributed by atoms with E-state index in [0.29, 0.717) is 0 Å². The van der Waals surface area contributed by atoms with Crippen LogP contribution in [0.2, 0.25) is 0 Å². The Balaban J connectivity index is 0.000000258. The summed E-state index contributed by atoms with van der Waals surface area (Å²) in [7, 11) is 2.23. The fraction of sp³-hybridized carbons (Fsp3) is 0.391. The third-order valence-corrected chi connectivity index (χ3v) is 6.40. The number of rotatable bonds is 3. The number of hydrogen-bond acceptors (Lipinski definition) is 4. The quantitative estimate of drug-likeness (QED) is 0.784. The fourth-order valence-electron chi connectivity index (χ4n) is 3.87. The monoisotopic (exact) mass is 413 g/mol. The summed E-state index contributed by atoms with van der Waals surface area (Å²) < 4.78 is 0. The predicted molar refractivity (Wildman–Crippen MR) is 115 cm³/mol. The van der Waals surface area contributed by atoms with E-state index in [9.17, 15) is 9.59 Å². The highest BCUT2D eigenvalue weighted by Crippen LogP contribution is 2.40. The van der Waals surface area contributed by atoms with Crippen molar-refractivity contribution in [3.8, 4) is 0 Å². The first-order valence-corrected chi connectivity index (χ1v) is 10.8. The molecule has 1 aromatic heterocycles. The number of hydrogen-bond donors (Lipinski definition) is 2. The van der Waals surface area contributed by atoms with Gasteiger partial charge in [0.15, 0.2) is 0 Å². The molecule has 0 amide bonds. The standard InChI is InChI=1S/C19H21NS.C4H6O4/c1-20-11-8-15(9-12-20)19-16-5-3-2-4-14(16)6-7-18-17(19)10-13-21-18;5-3(6)1-2-4(7)8/h2-5,10,13H,6-9,11-12H2,1H3;1-2H2,(H,5,6)(H,7,8). The molecule has 2 aromatic rings. The van der Waals surface area contributed by atoms with Crippen molar-refractivity contribution in [2.75, 3.05) is 20.1 Å². The van der Waals surface area contributed by atoms with E-state index >= 15 is 0 Å². The molecular weight excluding hydrogens is 386 g/mol. The Labute approximate surface area is 175 Å². The summed E-state index contributed by atoms with van der Waals surface area (Å²) in [5, 5.41) is 18.1. The lowest BCUT2D eigenvalue weighted by Gasteiger charge is -2.27. The molecule has 0 radical (unpaired) electrons. The average molecular weight is 414 g/mol. The number of carboxylic acid groups (broad SMARTS) is 2.